The molecule has 0 atom stereocenters. The zero-order chi connectivity index (χ0) is 7.72. The first-order valence-electron chi connectivity index (χ1n) is 2.57. The van der Waals surface area contributed by atoms with E-state index in [-0.39, 0.29) is 0 Å². The molecular weight excluding hydrogens is 154 g/mol. The van der Waals surface area contributed by atoms with Gasteiger partial charge in [0.1, 0.15) is 0 Å². The third kappa shape index (κ3) is 1.02. The van der Waals surface area contributed by atoms with Crippen LogP contribution in [0.25, 0.3) is 0 Å². The molecule has 0 saturated carbocycles. The van der Waals surface area contributed by atoms with Crippen molar-refractivity contribution in [2.24, 2.45) is 0 Å². The van der Waals surface area contributed by atoms with E-state index in [1.54, 1.807) is 0 Å². The van der Waals surface area contributed by atoms with Crippen LogP contribution in [0.15, 0.2) is 0 Å². The molecule has 0 aromatic carbocycles. The maximum absolute atomic E-state index is 10.7. The van der Waals surface area contributed by atoms with Crippen LogP contribution >= 0.6 is 11.8 Å². The van der Waals surface area contributed by atoms with Crippen molar-refractivity contribution in [3.05, 3.63) is 5.56 Å². The van der Waals surface area contributed by atoms with Gasteiger partial charge in [0.15, 0.2) is 0 Å². The Morgan fingerprint density at radius 1 is 1.50 bits per heavy atom. The third-order valence-electron chi connectivity index (χ3n) is 1.11. The summed E-state index contributed by atoms with van der Waals surface area (Å²) < 4.78 is 4.73. The van der Waals surface area contributed by atoms with E-state index in [1.807, 2.05) is 0 Å². The lowest BCUT2D eigenvalue weighted by Crippen LogP contribution is -2.25. The number of amides is 1. The molecule has 1 fully saturated rings. The zero-order valence-electron chi connectivity index (χ0n) is 5.58. The summed E-state index contributed by atoms with van der Waals surface area (Å²) in [6.45, 7) is 0. The topological polar surface area (TPSA) is 46.6 Å². The van der Waals surface area contributed by atoms with Crippen LogP contribution in [-0.4, -0.2) is 30.1 Å². The van der Waals surface area contributed by atoms with Crippen molar-refractivity contribution in [2.75, 3.05) is 14.2 Å². The summed E-state index contributed by atoms with van der Waals surface area (Å²) in [6.07, 6.45) is 0. The van der Waals surface area contributed by atoms with Crippen LogP contribution in [0.2, 0.25) is 0 Å². The Hall–Kier alpha value is -0.550. The van der Waals surface area contributed by atoms with Gasteiger partial charge < -0.3 is 4.74 Å². The molecule has 1 amide bonds. The van der Waals surface area contributed by atoms with Crippen LogP contribution < -0.4 is 0 Å². The van der Waals surface area contributed by atoms with E-state index in [0.29, 0.717) is 5.56 Å². The Morgan fingerprint density at radius 2 is 2.10 bits per heavy atom. The van der Waals surface area contributed by atoms with Crippen LogP contribution in [0, 0.1) is 5.56 Å². The van der Waals surface area contributed by atoms with Crippen molar-refractivity contribution in [1.29, 1.82) is 0 Å². The molecule has 0 N–H and O–H groups in total. The molecular formula is C5H6NO3S. The number of hydrogen-bond acceptors (Lipinski definition) is 4. The molecule has 1 saturated heterocycles. The molecule has 0 aliphatic carbocycles. The van der Waals surface area contributed by atoms with Crippen LogP contribution in [0.4, 0.5) is 0 Å². The van der Waals surface area contributed by atoms with Crippen molar-refractivity contribution < 1.29 is 14.3 Å². The van der Waals surface area contributed by atoms with Crippen LogP contribution in [0.3, 0.4) is 0 Å². The number of hydrogen-bond donors (Lipinski definition) is 0. The second-order valence-corrected chi connectivity index (χ2v) is 2.65. The van der Waals surface area contributed by atoms with Gasteiger partial charge in [-0.15, -0.1) is 0 Å². The van der Waals surface area contributed by atoms with Crippen molar-refractivity contribution in [3.63, 3.8) is 0 Å². The minimum Gasteiger partial charge on any atom is -0.345 e. The number of rotatable bonds is 1. The molecule has 0 unspecified atom stereocenters. The number of methoxy groups -OCH3 is 1. The normalized spacial score (nSPS) is 20.8. The fraction of sp³-hybridized carbons (Fsp3) is 0.400. The summed E-state index contributed by atoms with van der Waals surface area (Å²) in [5.41, 5.74) is 0.343. The van der Waals surface area contributed by atoms with Crippen molar-refractivity contribution >= 4 is 22.8 Å². The van der Waals surface area contributed by atoms with Gasteiger partial charge in [0.25, 0.3) is 10.7 Å². The Labute approximate surface area is 62.5 Å². The first-order chi connectivity index (χ1) is 4.66. The average molecular weight is 160 g/mol. The molecule has 10 heavy (non-hydrogen) atoms. The number of carbonyl (C=O) groups excluding carboxylic acids is 2. The molecule has 1 rings (SSSR count). The van der Waals surface area contributed by atoms with Gasteiger partial charge in [0.2, 0.25) is 0 Å². The highest BCUT2D eigenvalue weighted by atomic mass is 32.2. The van der Waals surface area contributed by atoms with E-state index in [4.69, 9.17) is 4.74 Å². The van der Waals surface area contributed by atoms with Gasteiger partial charge in [0.05, 0.1) is 0 Å². The number of nitrogens with zero attached hydrogens (tertiary/aromatic N) is 1. The quantitative estimate of drug-likeness (QED) is 0.499. The molecule has 1 radical (unpaired) electrons. The smallest absolute Gasteiger partial charge is 0.304 e. The Kier molecular flexibility index (Phi) is 1.96. The van der Waals surface area contributed by atoms with E-state index in [9.17, 15) is 9.59 Å². The second kappa shape index (κ2) is 2.59. The van der Waals surface area contributed by atoms with Crippen LogP contribution in [-0.2, 0) is 14.3 Å². The van der Waals surface area contributed by atoms with E-state index < -0.39 is 11.0 Å². The fourth-order valence-electron chi connectivity index (χ4n) is 0.590. The first kappa shape index (κ1) is 7.56. The molecule has 0 aromatic rings. The molecule has 4 nitrogen and oxygen atoms in total. The first-order valence-corrected chi connectivity index (χ1v) is 3.39. The van der Waals surface area contributed by atoms with E-state index in [2.05, 4.69) is 0 Å². The molecule has 55 valence electrons. The van der Waals surface area contributed by atoms with Crippen molar-refractivity contribution in [3.8, 4) is 0 Å². The summed E-state index contributed by atoms with van der Waals surface area (Å²) >= 11 is 0.814. The molecule has 0 bridgehead atoms. The Balaban J connectivity index is 2.71. The molecule has 0 spiro atoms. The van der Waals surface area contributed by atoms with Gasteiger partial charge in [0, 0.05) is 14.2 Å². The maximum Gasteiger partial charge on any atom is 0.304 e. The van der Waals surface area contributed by atoms with E-state index >= 15 is 0 Å². The molecule has 0 aromatic heterocycles. The summed E-state index contributed by atoms with van der Waals surface area (Å²) in [6, 6.07) is 0. The summed E-state index contributed by atoms with van der Waals surface area (Å²) in [5, 5.41) is -0.487. The lowest BCUT2D eigenvalue weighted by molar-refractivity contribution is -0.138. The van der Waals surface area contributed by atoms with Crippen LogP contribution in [0.5, 0.6) is 0 Å². The molecule has 1 heterocycles. The summed E-state index contributed by atoms with van der Waals surface area (Å²) in [7, 11) is 2.92. The van der Waals surface area contributed by atoms with Crippen molar-refractivity contribution in [1.82, 2.24) is 4.90 Å². The molecule has 1 aliphatic rings. The number of ether oxygens (including phenoxy) is 1. The molecule has 5 heteroatoms. The maximum atomic E-state index is 10.7. The van der Waals surface area contributed by atoms with Crippen LogP contribution in [0.1, 0.15) is 0 Å². The van der Waals surface area contributed by atoms with Gasteiger partial charge >= 0.3 is 5.91 Å². The van der Waals surface area contributed by atoms with Gasteiger partial charge in [-0.25, -0.2) is 0 Å². The Morgan fingerprint density at radius 3 is 2.30 bits per heavy atom. The van der Waals surface area contributed by atoms with Gasteiger partial charge in [-0.1, -0.05) is 0 Å². The fourth-order valence-corrected chi connectivity index (χ4v) is 1.28. The number of likely N-dealkylation sites (N-methyl/N-ethyl adjacent to an activating group) is 1. The van der Waals surface area contributed by atoms with Crippen molar-refractivity contribution in [2.45, 2.75) is 0 Å². The Bertz CT molecular complexity index is 182. The number of thioether (sulfide) groups is 1. The number of carbonyl (C=O) groups is 2. The minimum absolute atomic E-state index is 0.343. The van der Waals surface area contributed by atoms with Gasteiger partial charge in [-0.2, -0.15) is 0 Å². The largest absolute Gasteiger partial charge is 0.345 e. The lowest BCUT2D eigenvalue weighted by atomic mass is 10.6. The predicted octanol–water partition coefficient (Wildman–Crippen LogP) is -0.188. The van der Waals surface area contributed by atoms with Gasteiger partial charge in [-0.3, -0.25) is 14.5 Å². The summed E-state index contributed by atoms with van der Waals surface area (Å²) in [4.78, 5) is 22.5. The SMILES string of the molecule is CO[C]1SC(=O)C(=O)N1C. The molecule has 1 aliphatic heterocycles. The highest BCUT2D eigenvalue weighted by Crippen LogP contribution is 2.31. The third-order valence-corrected chi connectivity index (χ3v) is 2.08. The predicted molar refractivity (Wildman–Crippen MR) is 35.6 cm³/mol. The summed E-state index contributed by atoms with van der Waals surface area (Å²) in [5.74, 6) is -0.526. The standard InChI is InChI=1S/C5H6NO3S/c1-6-3(7)4(8)10-5(6)9-2/h1-2H3. The zero-order valence-corrected chi connectivity index (χ0v) is 6.40. The van der Waals surface area contributed by atoms with Gasteiger partial charge in [-0.05, 0) is 11.8 Å². The highest BCUT2D eigenvalue weighted by molar-refractivity contribution is 8.18. The monoisotopic (exact) mass is 160 g/mol. The van der Waals surface area contributed by atoms with E-state index in [0.717, 1.165) is 11.8 Å². The lowest BCUT2D eigenvalue weighted by Gasteiger charge is -2.11. The minimum atomic E-state index is -0.526. The highest BCUT2D eigenvalue weighted by Gasteiger charge is 2.38. The van der Waals surface area contributed by atoms with E-state index in [1.165, 1.54) is 19.1 Å². The second-order valence-electron chi connectivity index (χ2n) is 1.72. The average Bonchev–Trinajstić information content (AvgIpc) is 2.17.